The maximum atomic E-state index is 12.7. The van der Waals surface area contributed by atoms with Crippen LogP contribution in [0.5, 0.6) is 0 Å². The van der Waals surface area contributed by atoms with Crippen molar-refractivity contribution >= 4 is 22.5 Å². The monoisotopic (exact) mass is 322 g/mol. The van der Waals surface area contributed by atoms with Gasteiger partial charge in [-0.15, -0.1) is 0 Å². The first-order valence-electron chi connectivity index (χ1n) is 8.01. The molecule has 1 N–H and O–H groups in total. The van der Waals surface area contributed by atoms with Crippen molar-refractivity contribution < 1.29 is 14.3 Å². The molecule has 2 aromatic rings. The Labute approximate surface area is 140 Å². The number of nitrogens with zero attached hydrogens (tertiary/aromatic N) is 1. The minimum atomic E-state index is -1.35. The highest BCUT2D eigenvalue weighted by Gasteiger charge is 2.29. The molecule has 24 heavy (non-hydrogen) atoms. The molecule has 2 aromatic carbocycles. The number of Topliss-reactive ketones (excluding diaryl/α,β-unsaturated/α-hetero) is 1. The molecular formula is C19H18N2O3. The van der Waals surface area contributed by atoms with E-state index < -0.39 is 17.6 Å². The number of rotatable bonds is 5. The zero-order valence-corrected chi connectivity index (χ0v) is 13.2. The smallest absolute Gasteiger partial charge is 0.245 e. The van der Waals surface area contributed by atoms with Gasteiger partial charge in [0.2, 0.25) is 5.91 Å². The summed E-state index contributed by atoms with van der Waals surface area (Å²) in [5, 5.41) is 13.6. The lowest BCUT2D eigenvalue weighted by molar-refractivity contribution is -0.122. The van der Waals surface area contributed by atoms with E-state index in [4.69, 9.17) is 4.74 Å². The van der Waals surface area contributed by atoms with Gasteiger partial charge in [-0.3, -0.25) is 9.59 Å². The average molecular weight is 322 g/mol. The zero-order valence-electron chi connectivity index (χ0n) is 13.2. The van der Waals surface area contributed by atoms with Crippen molar-refractivity contribution in [2.45, 2.75) is 18.9 Å². The Morgan fingerprint density at radius 3 is 2.79 bits per heavy atom. The minimum absolute atomic E-state index is 0.0269. The van der Waals surface area contributed by atoms with Crippen molar-refractivity contribution in [1.29, 1.82) is 5.26 Å². The van der Waals surface area contributed by atoms with Gasteiger partial charge >= 0.3 is 0 Å². The molecule has 0 aliphatic carbocycles. The summed E-state index contributed by atoms with van der Waals surface area (Å²) in [6.45, 7) is 1.02. The molecule has 122 valence electrons. The fraction of sp³-hybridized carbons (Fsp3) is 0.316. The Morgan fingerprint density at radius 1 is 1.25 bits per heavy atom. The standard InChI is InChI=1S/C19H18N2O3/c20-11-17(19(23)21-12-14-7-4-10-24-14)18(22)16-9-3-6-13-5-1-2-8-15(13)16/h1-3,5-6,8-9,14,17H,4,7,10,12H2,(H,21,23). The lowest BCUT2D eigenvalue weighted by Crippen LogP contribution is -2.38. The van der Waals surface area contributed by atoms with Crippen molar-refractivity contribution in [2.75, 3.05) is 13.2 Å². The predicted molar refractivity (Wildman–Crippen MR) is 89.4 cm³/mol. The Hall–Kier alpha value is -2.71. The van der Waals surface area contributed by atoms with Gasteiger partial charge in [0.1, 0.15) is 0 Å². The van der Waals surface area contributed by atoms with Gasteiger partial charge in [0, 0.05) is 18.7 Å². The molecule has 1 heterocycles. The summed E-state index contributed by atoms with van der Waals surface area (Å²) in [5.74, 6) is -2.39. The first-order chi connectivity index (χ1) is 11.7. The van der Waals surface area contributed by atoms with Crippen LogP contribution in [0.3, 0.4) is 0 Å². The third kappa shape index (κ3) is 3.29. The van der Waals surface area contributed by atoms with Gasteiger partial charge < -0.3 is 10.1 Å². The van der Waals surface area contributed by atoms with Crippen molar-refractivity contribution in [1.82, 2.24) is 5.32 Å². The Balaban J connectivity index is 1.78. The van der Waals surface area contributed by atoms with Gasteiger partial charge in [0.25, 0.3) is 0 Å². The molecule has 1 fully saturated rings. The van der Waals surface area contributed by atoms with Crippen molar-refractivity contribution in [3.63, 3.8) is 0 Å². The normalized spacial score (nSPS) is 18.0. The fourth-order valence-electron chi connectivity index (χ4n) is 2.95. The minimum Gasteiger partial charge on any atom is -0.376 e. The van der Waals surface area contributed by atoms with Crippen molar-refractivity contribution in [3.05, 3.63) is 48.0 Å². The average Bonchev–Trinajstić information content (AvgIpc) is 3.13. The molecule has 3 rings (SSSR count). The number of ketones is 1. The van der Waals surface area contributed by atoms with Crippen LogP contribution in [0.2, 0.25) is 0 Å². The second kappa shape index (κ2) is 7.24. The molecule has 2 atom stereocenters. The van der Waals surface area contributed by atoms with E-state index in [-0.39, 0.29) is 6.10 Å². The number of ether oxygens (including phenoxy) is 1. The summed E-state index contributed by atoms with van der Waals surface area (Å²) in [7, 11) is 0. The van der Waals surface area contributed by atoms with Gasteiger partial charge in [0.05, 0.1) is 12.2 Å². The highest BCUT2D eigenvalue weighted by molar-refractivity contribution is 6.17. The molecule has 1 aliphatic heterocycles. The SMILES string of the molecule is N#CC(C(=O)NCC1CCCO1)C(=O)c1cccc2ccccc12. The van der Waals surface area contributed by atoms with E-state index in [1.165, 1.54) is 0 Å². The number of carbonyl (C=O) groups is 2. The number of nitriles is 1. The summed E-state index contributed by atoms with van der Waals surface area (Å²) in [5.41, 5.74) is 0.395. The molecule has 5 heteroatoms. The van der Waals surface area contributed by atoms with Crippen LogP contribution in [-0.4, -0.2) is 30.9 Å². The molecule has 1 saturated heterocycles. The molecular weight excluding hydrogens is 304 g/mol. The van der Waals surface area contributed by atoms with E-state index >= 15 is 0 Å². The summed E-state index contributed by atoms with van der Waals surface area (Å²) >= 11 is 0. The lowest BCUT2D eigenvalue weighted by atomic mass is 9.93. The summed E-state index contributed by atoms with van der Waals surface area (Å²) in [4.78, 5) is 25.0. The third-order valence-electron chi connectivity index (χ3n) is 4.24. The fourth-order valence-corrected chi connectivity index (χ4v) is 2.95. The molecule has 5 nitrogen and oxygen atoms in total. The number of carbonyl (C=O) groups excluding carboxylic acids is 2. The molecule has 2 unspecified atom stereocenters. The van der Waals surface area contributed by atoms with Gasteiger partial charge in [-0.2, -0.15) is 5.26 Å². The highest BCUT2D eigenvalue weighted by Crippen LogP contribution is 2.21. The number of benzene rings is 2. The maximum absolute atomic E-state index is 12.7. The van der Waals surface area contributed by atoms with Gasteiger partial charge in [0.15, 0.2) is 11.7 Å². The van der Waals surface area contributed by atoms with Crippen LogP contribution in [-0.2, 0) is 9.53 Å². The van der Waals surface area contributed by atoms with E-state index in [9.17, 15) is 14.9 Å². The topological polar surface area (TPSA) is 79.2 Å². The molecule has 0 saturated carbocycles. The Morgan fingerprint density at radius 2 is 2.04 bits per heavy atom. The first kappa shape index (κ1) is 16.2. The third-order valence-corrected chi connectivity index (χ3v) is 4.24. The summed E-state index contributed by atoms with van der Waals surface area (Å²) in [6, 6.07) is 14.6. The predicted octanol–water partition coefficient (Wildman–Crippen LogP) is 2.46. The molecule has 1 aliphatic rings. The molecule has 0 aromatic heterocycles. The van der Waals surface area contributed by atoms with Crippen LogP contribution in [0, 0.1) is 17.2 Å². The first-order valence-corrected chi connectivity index (χ1v) is 8.01. The highest BCUT2D eigenvalue weighted by atomic mass is 16.5. The Bertz CT molecular complexity index is 798. The van der Waals surface area contributed by atoms with Crippen molar-refractivity contribution in [3.8, 4) is 6.07 Å². The van der Waals surface area contributed by atoms with Gasteiger partial charge in [-0.1, -0.05) is 42.5 Å². The van der Waals surface area contributed by atoms with E-state index in [1.807, 2.05) is 36.4 Å². The molecule has 0 bridgehead atoms. The van der Waals surface area contributed by atoms with E-state index in [0.717, 1.165) is 23.6 Å². The van der Waals surface area contributed by atoms with E-state index in [1.54, 1.807) is 12.1 Å². The lowest BCUT2D eigenvalue weighted by Gasteiger charge is -2.14. The number of nitrogens with one attached hydrogen (secondary N) is 1. The van der Waals surface area contributed by atoms with Crippen LogP contribution in [0.1, 0.15) is 23.2 Å². The maximum Gasteiger partial charge on any atom is 0.245 e. The largest absolute Gasteiger partial charge is 0.376 e. The van der Waals surface area contributed by atoms with Crippen LogP contribution in [0.4, 0.5) is 0 Å². The molecule has 0 radical (unpaired) electrons. The van der Waals surface area contributed by atoms with E-state index in [2.05, 4.69) is 5.32 Å². The van der Waals surface area contributed by atoms with Gasteiger partial charge in [-0.05, 0) is 23.6 Å². The number of hydrogen-bond acceptors (Lipinski definition) is 4. The summed E-state index contributed by atoms with van der Waals surface area (Å²) in [6.07, 6.45) is 1.83. The molecule has 0 spiro atoms. The second-order valence-corrected chi connectivity index (χ2v) is 5.83. The second-order valence-electron chi connectivity index (χ2n) is 5.83. The molecule has 1 amide bonds. The van der Waals surface area contributed by atoms with E-state index in [0.29, 0.717) is 18.7 Å². The number of amides is 1. The van der Waals surface area contributed by atoms with Crippen LogP contribution in [0.15, 0.2) is 42.5 Å². The summed E-state index contributed by atoms with van der Waals surface area (Å²) < 4.78 is 5.44. The van der Waals surface area contributed by atoms with Crippen molar-refractivity contribution in [2.24, 2.45) is 5.92 Å². The van der Waals surface area contributed by atoms with Crippen LogP contribution >= 0.6 is 0 Å². The van der Waals surface area contributed by atoms with Gasteiger partial charge in [-0.25, -0.2) is 0 Å². The Kier molecular flexibility index (Phi) is 4.88. The zero-order chi connectivity index (χ0) is 16.9. The quantitative estimate of drug-likeness (QED) is 0.677. The van der Waals surface area contributed by atoms with Crippen LogP contribution < -0.4 is 5.32 Å². The number of hydrogen-bond donors (Lipinski definition) is 1. The number of fused-ring (bicyclic) bond motifs is 1. The van der Waals surface area contributed by atoms with Crippen LogP contribution in [0.25, 0.3) is 10.8 Å².